The van der Waals surface area contributed by atoms with Gasteiger partial charge in [0.05, 0.1) is 11.6 Å². The average molecular weight is 383 g/mol. The predicted octanol–water partition coefficient (Wildman–Crippen LogP) is 2.49. The third-order valence-electron chi connectivity index (χ3n) is 3.71. The van der Waals surface area contributed by atoms with Gasteiger partial charge in [-0.05, 0) is 42.0 Å². The molecule has 0 atom stereocenters. The number of carbonyl (C=O) groups excluding carboxylic acids is 3. The third-order valence-corrected chi connectivity index (χ3v) is 3.71. The Morgan fingerprint density at radius 1 is 1.18 bits per heavy atom. The Balaban J connectivity index is 1.84. The molecule has 7 nitrogen and oxygen atoms in total. The van der Waals surface area contributed by atoms with Crippen molar-refractivity contribution in [3.8, 4) is 6.07 Å². The molecule has 2 aromatic carbocycles. The van der Waals surface area contributed by atoms with Gasteiger partial charge in [0.2, 0.25) is 5.91 Å². The number of carbonyl (C=O) groups is 3. The minimum Gasteiger partial charge on any atom is -0.452 e. The van der Waals surface area contributed by atoms with E-state index in [2.05, 4.69) is 5.32 Å². The molecule has 0 heterocycles. The number of hydrogen-bond donors (Lipinski definition) is 1. The standard InChI is InChI=1S/C20H18FN3O4/c1-24(12-14-3-2-4-16(21)11-14)19(26)13-28-20(27)15-5-7-17(8-6-15)23-18(25)9-10-22/h2-8,11H,9,12-13H2,1H3,(H,23,25). The molecule has 2 aromatic rings. The Morgan fingerprint density at radius 2 is 1.89 bits per heavy atom. The summed E-state index contributed by atoms with van der Waals surface area (Å²) in [6.07, 6.45) is -0.269. The van der Waals surface area contributed by atoms with Gasteiger partial charge in [-0.15, -0.1) is 0 Å². The molecule has 0 saturated carbocycles. The van der Waals surface area contributed by atoms with E-state index in [1.54, 1.807) is 18.2 Å². The number of likely N-dealkylation sites (N-methyl/N-ethyl adjacent to an activating group) is 1. The fraction of sp³-hybridized carbons (Fsp3) is 0.200. The van der Waals surface area contributed by atoms with E-state index in [0.717, 1.165) is 0 Å². The summed E-state index contributed by atoms with van der Waals surface area (Å²) < 4.78 is 18.2. The number of nitrogens with zero attached hydrogens (tertiary/aromatic N) is 2. The lowest BCUT2D eigenvalue weighted by Gasteiger charge is -2.17. The molecule has 0 bridgehead atoms. The highest BCUT2D eigenvalue weighted by Gasteiger charge is 2.14. The molecule has 2 rings (SSSR count). The minimum atomic E-state index is -0.692. The summed E-state index contributed by atoms with van der Waals surface area (Å²) in [6, 6.07) is 13.5. The Bertz CT molecular complexity index is 906. The molecule has 0 aliphatic carbocycles. The van der Waals surface area contributed by atoms with Crippen molar-refractivity contribution in [2.75, 3.05) is 19.0 Å². The number of esters is 1. The molecule has 0 saturated heterocycles. The van der Waals surface area contributed by atoms with E-state index in [-0.39, 0.29) is 18.5 Å². The zero-order valence-electron chi connectivity index (χ0n) is 15.1. The number of benzene rings is 2. The van der Waals surface area contributed by atoms with Crippen LogP contribution in [0.15, 0.2) is 48.5 Å². The van der Waals surface area contributed by atoms with E-state index in [4.69, 9.17) is 10.00 Å². The first-order valence-electron chi connectivity index (χ1n) is 8.31. The van der Waals surface area contributed by atoms with Crippen molar-refractivity contribution in [1.82, 2.24) is 4.90 Å². The van der Waals surface area contributed by atoms with Crippen molar-refractivity contribution in [3.05, 3.63) is 65.5 Å². The van der Waals surface area contributed by atoms with Crippen LogP contribution >= 0.6 is 0 Å². The molecular weight excluding hydrogens is 365 g/mol. The SMILES string of the molecule is CN(Cc1cccc(F)c1)C(=O)COC(=O)c1ccc(NC(=O)CC#N)cc1. The second kappa shape index (κ2) is 9.83. The first-order chi connectivity index (χ1) is 13.4. The maximum absolute atomic E-state index is 13.2. The van der Waals surface area contributed by atoms with Crippen molar-refractivity contribution >= 4 is 23.5 Å². The summed E-state index contributed by atoms with van der Waals surface area (Å²) in [5, 5.41) is 10.9. The summed E-state index contributed by atoms with van der Waals surface area (Å²) in [5.41, 5.74) is 1.26. The van der Waals surface area contributed by atoms with Crippen molar-refractivity contribution in [1.29, 1.82) is 5.26 Å². The largest absolute Gasteiger partial charge is 0.452 e. The molecule has 0 aliphatic heterocycles. The van der Waals surface area contributed by atoms with E-state index in [1.807, 2.05) is 0 Å². The number of ether oxygens (including phenoxy) is 1. The maximum atomic E-state index is 13.2. The Kier molecular flexibility index (Phi) is 7.22. The quantitative estimate of drug-likeness (QED) is 0.741. The molecular formula is C20H18FN3O4. The molecule has 0 spiro atoms. The predicted molar refractivity (Wildman–Crippen MR) is 98.5 cm³/mol. The van der Waals surface area contributed by atoms with Crippen molar-refractivity contribution < 1.29 is 23.5 Å². The third kappa shape index (κ3) is 6.21. The lowest BCUT2D eigenvalue weighted by molar-refractivity contribution is -0.133. The van der Waals surface area contributed by atoms with E-state index in [1.165, 1.54) is 48.3 Å². The summed E-state index contributed by atoms with van der Waals surface area (Å²) in [5.74, 6) is -1.97. The first-order valence-corrected chi connectivity index (χ1v) is 8.31. The van der Waals surface area contributed by atoms with Gasteiger partial charge >= 0.3 is 5.97 Å². The number of halogens is 1. The second-order valence-electron chi connectivity index (χ2n) is 5.92. The van der Waals surface area contributed by atoms with Crippen LogP contribution in [-0.4, -0.2) is 36.3 Å². The van der Waals surface area contributed by atoms with Gasteiger partial charge in [0.25, 0.3) is 5.91 Å². The van der Waals surface area contributed by atoms with Crippen molar-refractivity contribution in [2.24, 2.45) is 0 Å². The fourth-order valence-corrected chi connectivity index (χ4v) is 2.28. The molecule has 0 unspecified atom stereocenters. The lowest BCUT2D eigenvalue weighted by atomic mass is 10.2. The van der Waals surface area contributed by atoms with Crippen molar-refractivity contribution in [2.45, 2.75) is 13.0 Å². The summed E-state index contributed by atoms with van der Waals surface area (Å²) in [7, 11) is 1.53. The van der Waals surface area contributed by atoms with Gasteiger partial charge in [-0.25, -0.2) is 9.18 Å². The molecule has 2 amide bonds. The maximum Gasteiger partial charge on any atom is 0.338 e. The highest BCUT2D eigenvalue weighted by Crippen LogP contribution is 2.11. The highest BCUT2D eigenvalue weighted by atomic mass is 19.1. The van der Waals surface area contributed by atoms with Gasteiger partial charge in [-0.1, -0.05) is 12.1 Å². The number of hydrogen-bond acceptors (Lipinski definition) is 5. The molecule has 1 N–H and O–H groups in total. The average Bonchev–Trinajstić information content (AvgIpc) is 2.66. The zero-order valence-corrected chi connectivity index (χ0v) is 15.1. The van der Waals surface area contributed by atoms with Crippen LogP contribution in [0.4, 0.5) is 10.1 Å². The van der Waals surface area contributed by atoms with Gasteiger partial charge in [-0.2, -0.15) is 5.26 Å². The van der Waals surface area contributed by atoms with Crippen LogP contribution in [0.3, 0.4) is 0 Å². The van der Waals surface area contributed by atoms with Crippen LogP contribution in [0.25, 0.3) is 0 Å². The number of nitrogens with one attached hydrogen (secondary N) is 1. The Labute approximate surface area is 161 Å². The van der Waals surface area contributed by atoms with Crippen LogP contribution < -0.4 is 5.32 Å². The van der Waals surface area contributed by atoms with Crippen LogP contribution in [0.2, 0.25) is 0 Å². The van der Waals surface area contributed by atoms with Crippen molar-refractivity contribution in [3.63, 3.8) is 0 Å². The topological polar surface area (TPSA) is 99.5 Å². The Hall–Kier alpha value is -3.73. The van der Waals surface area contributed by atoms with E-state index >= 15 is 0 Å². The van der Waals surface area contributed by atoms with Gasteiger partial charge in [0.1, 0.15) is 12.2 Å². The smallest absolute Gasteiger partial charge is 0.338 e. The second-order valence-corrected chi connectivity index (χ2v) is 5.92. The number of rotatable bonds is 7. The Morgan fingerprint density at radius 3 is 2.54 bits per heavy atom. The van der Waals surface area contributed by atoms with Gasteiger partial charge in [0, 0.05) is 19.3 Å². The summed E-state index contributed by atoms with van der Waals surface area (Å²) >= 11 is 0. The summed E-state index contributed by atoms with van der Waals surface area (Å²) in [6.45, 7) is -0.267. The molecule has 0 aliphatic rings. The van der Waals surface area contributed by atoms with Crippen LogP contribution in [-0.2, 0) is 20.9 Å². The normalized spacial score (nSPS) is 9.89. The van der Waals surface area contributed by atoms with Crippen LogP contribution in [0.1, 0.15) is 22.3 Å². The number of anilines is 1. The molecule has 0 fully saturated rings. The minimum absolute atomic E-state index is 0.186. The molecule has 0 radical (unpaired) electrons. The monoisotopic (exact) mass is 383 g/mol. The van der Waals surface area contributed by atoms with Crippen LogP contribution in [0.5, 0.6) is 0 Å². The number of amides is 2. The van der Waals surface area contributed by atoms with E-state index < -0.39 is 30.2 Å². The highest BCUT2D eigenvalue weighted by molar-refractivity contribution is 5.94. The lowest BCUT2D eigenvalue weighted by Crippen LogP contribution is -2.30. The molecule has 28 heavy (non-hydrogen) atoms. The van der Waals surface area contributed by atoms with Gasteiger partial charge in [-0.3, -0.25) is 9.59 Å². The molecule has 144 valence electrons. The van der Waals surface area contributed by atoms with Crippen LogP contribution in [0, 0.1) is 17.1 Å². The zero-order chi connectivity index (χ0) is 20.5. The fourth-order valence-electron chi connectivity index (χ4n) is 2.28. The summed E-state index contributed by atoms with van der Waals surface area (Å²) in [4.78, 5) is 36.8. The van der Waals surface area contributed by atoms with E-state index in [0.29, 0.717) is 11.3 Å². The molecule has 0 aromatic heterocycles. The first kappa shape index (κ1) is 20.6. The van der Waals surface area contributed by atoms with Gasteiger partial charge in [0.15, 0.2) is 6.61 Å². The molecule has 8 heteroatoms. The number of nitriles is 1. The van der Waals surface area contributed by atoms with Gasteiger partial charge < -0.3 is 15.0 Å². The van der Waals surface area contributed by atoms with E-state index in [9.17, 15) is 18.8 Å².